The summed E-state index contributed by atoms with van der Waals surface area (Å²) < 4.78 is 13.1. The second kappa shape index (κ2) is 11.7. The highest BCUT2D eigenvalue weighted by Gasteiger charge is 2.76. The van der Waals surface area contributed by atoms with E-state index in [2.05, 4.69) is 40.1 Å². The third-order valence-electron chi connectivity index (χ3n) is 30.2. The molecule has 8 heteroatoms. The molecule has 1 saturated heterocycles. The molecule has 31 aromatic rings. The molecule has 0 radical (unpaired) electrons. The normalized spacial score (nSPS) is 20.4. The molecular formula is C89H34N4O4. The number of carbonyl (C=O) groups is 2. The molecule has 2 amide bonds. The van der Waals surface area contributed by atoms with E-state index in [1.165, 1.54) is 5.56 Å². The number of hydrogen-bond acceptors (Lipinski definition) is 6. The van der Waals surface area contributed by atoms with Crippen LogP contribution < -0.4 is 10.6 Å². The molecule has 2 spiro atoms. The molecule has 0 saturated carbocycles. The molecule has 434 valence electrons. The van der Waals surface area contributed by atoms with Gasteiger partial charge in [-0.2, -0.15) is 0 Å². The summed E-state index contributed by atoms with van der Waals surface area (Å²) in [6, 6.07) is 24.3. The number of amides is 2. The van der Waals surface area contributed by atoms with Gasteiger partial charge in [-0.3, -0.25) is 19.5 Å². The van der Waals surface area contributed by atoms with Crippen molar-refractivity contribution in [3.63, 3.8) is 0 Å². The highest BCUT2D eigenvalue weighted by Crippen LogP contribution is 2.87. The fourth-order valence-corrected chi connectivity index (χ4v) is 29.0. The number of pyridine rings is 1. The van der Waals surface area contributed by atoms with E-state index < -0.39 is 16.7 Å². The predicted octanol–water partition coefficient (Wildman–Crippen LogP) is 18.8. The van der Waals surface area contributed by atoms with Gasteiger partial charge in [-0.15, -0.1) is 0 Å². The number of carbonyl (C=O) groups excluding carboxylic acids is 2. The lowest BCUT2D eigenvalue weighted by molar-refractivity contribution is -0.126. The van der Waals surface area contributed by atoms with Crippen LogP contribution in [0.4, 0.5) is 0 Å². The molecule has 2 heterocycles. The third-order valence-corrected chi connectivity index (χ3v) is 30.2. The molecule has 30 aromatic carbocycles. The summed E-state index contributed by atoms with van der Waals surface area (Å²) in [5.41, 5.74) is 8.96. The second-order valence-electron chi connectivity index (χ2n) is 32.2. The van der Waals surface area contributed by atoms with Crippen molar-refractivity contribution in [2.24, 2.45) is 0 Å². The Labute approximate surface area is 538 Å². The fraction of sp³-hybridized carbons (Fsp3) is 0.135. The van der Waals surface area contributed by atoms with Crippen LogP contribution in [0.3, 0.4) is 0 Å². The molecule has 1 unspecified atom stereocenters. The van der Waals surface area contributed by atoms with Crippen molar-refractivity contribution in [2.75, 3.05) is 52.6 Å². The van der Waals surface area contributed by atoms with E-state index in [0.717, 1.165) is 24.2 Å². The van der Waals surface area contributed by atoms with E-state index in [9.17, 15) is 9.59 Å². The first-order valence-electron chi connectivity index (χ1n) is 35.4. The van der Waals surface area contributed by atoms with Crippen LogP contribution in [-0.2, 0) is 29.9 Å². The highest BCUT2D eigenvalue weighted by atomic mass is 16.5. The number of rotatable bonds is 15. The quantitative estimate of drug-likeness (QED) is 0.0785. The second-order valence-corrected chi connectivity index (χ2v) is 32.2. The van der Waals surface area contributed by atoms with Gasteiger partial charge in [0.1, 0.15) is 0 Å². The first-order valence-corrected chi connectivity index (χ1v) is 35.4. The molecule has 1 aromatic heterocycles. The van der Waals surface area contributed by atoms with Crippen LogP contribution in [-0.4, -0.2) is 74.3 Å². The molecule has 36 rings (SSSR count). The zero-order valence-corrected chi connectivity index (χ0v) is 50.9. The summed E-state index contributed by atoms with van der Waals surface area (Å²) in [4.78, 5) is 34.7. The van der Waals surface area contributed by atoms with Crippen LogP contribution in [0.25, 0.3) is 291 Å². The monoisotopic (exact) mass is 1220 g/mol. The predicted molar refractivity (Wildman–Crippen MR) is 395 cm³/mol. The average Bonchev–Trinajstić information content (AvgIpc) is 1.38. The average molecular weight is 1220 g/mol. The Morgan fingerprint density at radius 3 is 1.00 bits per heavy atom. The van der Waals surface area contributed by atoms with Crippen LogP contribution >= 0.6 is 0 Å². The van der Waals surface area contributed by atoms with Crippen molar-refractivity contribution in [3.05, 3.63) is 124 Å². The van der Waals surface area contributed by atoms with Gasteiger partial charge in [-0.05, 0) is 342 Å². The van der Waals surface area contributed by atoms with Crippen LogP contribution in [0.2, 0.25) is 0 Å². The molecule has 5 aliphatic rings. The van der Waals surface area contributed by atoms with E-state index in [-0.39, 0.29) is 24.4 Å². The van der Waals surface area contributed by atoms with Gasteiger partial charge in [0.25, 0.3) is 0 Å². The Hall–Kier alpha value is -11.1. The van der Waals surface area contributed by atoms with Crippen molar-refractivity contribution < 1.29 is 19.1 Å². The zero-order valence-electron chi connectivity index (χ0n) is 50.9. The smallest absolute Gasteiger partial charge is 0.239 e. The van der Waals surface area contributed by atoms with Crippen molar-refractivity contribution in [2.45, 2.75) is 22.8 Å². The van der Waals surface area contributed by atoms with Gasteiger partial charge >= 0.3 is 0 Å². The van der Waals surface area contributed by atoms with Crippen molar-refractivity contribution in [1.82, 2.24) is 20.5 Å². The zero-order chi connectivity index (χ0) is 60.2. The summed E-state index contributed by atoms with van der Waals surface area (Å²) in [5, 5.41) is 93.3. The summed E-state index contributed by atoms with van der Waals surface area (Å²) in [6.07, 6.45) is 4.20. The Bertz CT molecular complexity index is 8420. The molecule has 97 heavy (non-hydrogen) atoms. The van der Waals surface area contributed by atoms with Crippen molar-refractivity contribution >= 4 is 303 Å². The van der Waals surface area contributed by atoms with E-state index in [1.807, 2.05) is 60.7 Å². The standard InChI is InChI=1S/C89H34N4O4/c94-26(21-92-87(95)27(23-7-3-1-4-8-23)24-9-5-2-6-10-24)91-15-17-96-19-20-97-18-16-93-22-88-82-74-66-56-46-38-30-28-29-32-36-34(30)42-50-44(36)54-48-40(32)41-33(29)37-35-31(28)39(38)47-53-43(35)51-45(37)55-49(41)59-58(48)70-64(54)72-62(50)68(60(66)52(42)46)76(82)78(72)84-80(70)81-71(59)65(55)73-63(51)69-61(53)67(57(47)56)75(74)83(88)77(69)79(73)85(81)89(84,88)86(93)25-11-13-90-14-12-25/h1-14,27,86H,15-22H2,(H,91,94)(H,92,95). The number of ether oxygens (including phenoxy) is 2. The molecule has 1 aliphatic heterocycles. The maximum atomic E-state index is 13.7. The Kier molecular flexibility index (Phi) is 5.19. The van der Waals surface area contributed by atoms with Gasteiger partial charge in [-0.25, -0.2) is 0 Å². The first kappa shape index (κ1) is 43.0. The molecule has 0 bridgehead atoms. The number of hydrogen-bond donors (Lipinski definition) is 2. The maximum Gasteiger partial charge on any atom is 0.239 e. The molecule has 2 N–H and O–H groups in total. The Morgan fingerprint density at radius 2 is 0.670 bits per heavy atom. The van der Waals surface area contributed by atoms with Crippen LogP contribution in [0.15, 0.2) is 85.2 Å². The van der Waals surface area contributed by atoms with Gasteiger partial charge in [0, 0.05) is 32.0 Å². The topological polar surface area (TPSA) is 92.8 Å². The SMILES string of the molecule is O=C(CNC(=O)C(c1ccccc1)c1ccccc1)NCCOCCOCCN1CC23c4c5c6c7c8c9c(c%10c%11c2c2c4c4c%12c5c5c6c6c8c8c%13c9c9c%10c%10c%11c%11c2c2c4c4c%12c%12c5c5c6c8c6c8c%13c9c9c%10c%10c%11c2c2c4c4c%12c5c6c5c8c9c%10c2c45)C73C1c1ccncc1. The molecule has 4 aliphatic carbocycles. The number of nitrogens with one attached hydrogen (secondary N) is 2. The molecule has 1 atom stereocenters. The summed E-state index contributed by atoms with van der Waals surface area (Å²) in [7, 11) is 0. The summed E-state index contributed by atoms with van der Waals surface area (Å²) in [6.45, 7) is 3.62. The summed E-state index contributed by atoms with van der Waals surface area (Å²) in [5.74, 6) is -0.977. The first-order chi connectivity index (χ1) is 48.2. The number of benzene rings is 20. The van der Waals surface area contributed by atoms with Gasteiger partial charge in [-0.1, -0.05) is 60.7 Å². The van der Waals surface area contributed by atoms with E-state index in [1.54, 1.807) is 313 Å². The van der Waals surface area contributed by atoms with Gasteiger partial charge in [0.05, 0.1) is 55.8 Å². The largest absolute Gasteiger partial charge is 0.378 e. The van der Waals surface area contributed by atoms with Crippen LogP contribution in [0.1, 0.15) is 50.9 Å². The fourth-order valence-electron chi connectivity index (χ4n) is 29.0. The van der Waals surface area contributed by atoms with E-state index in [0.29, 0.717) is 33.0 Å². The molecule has 1 fully saturated rings. The lowest BCUT2D eigenvalue weighted by atomic mass is 9.47. The van der Waals surface area contributed by atoms with Gasteiger partial charge in [0.15, 0.2) is 0 Å². The minimum atomic E-state index is -0.518. The minimum Gasteiger partial charge on any atom is -0.378 e. The van der Waals surface area contributed by atoms with Crippen molar-refractivity contribution in [3.8, 4) is 0 Å². The van der Waals surface area contributed by atoms with E-state index >= 15 is 0 Å². The minimum absolute atomic E-state index is 0.0259. The molecular weight excluding hydrogens is 1190 g/mol. The van der Waals surface area contributed by atoms with Crippen molar-refractivity contribution in [1.29, 1.82) is 0 Å². The lowest BCUT2D eigenvalue weighted by Gasteiger charge is -2.52. The third kappa shape index (κ3) is 3.10. The Morgan fingerprint density at radius 1 is 0.371 bits per heavy atom. The summed E-state index contributed by atoms with van der Waals surface area (Å²) >= 11 is 0. The van der Waals surface area contributed by atoms with Gasteiger partial charge < -0.3 is 20.1 Å². The van der Waals surface area contributed by atoms with Crippen LogP contribution in [0.5, 0.6) is 0 Å². The van der Waals surface area contributed by atoms with E-state index in [4.69, 9.17) is 14.5 Å². The number of nitrogens with zero attached hydrogens (tertiary/aromatic N) is 2. The Balaban J connectivity index is 0.613. The highest BCUT2D eigenvalue weighted by molar-refractivity contribution is 6.82. The lowest BCUT2D eigenvalue weighted by Crippen LogP contribution is -2.51. The van der Waals surface area contributed by atoms with Crippen LogP contribution in [0, 0.1) is 0 Å². The van der Waals surface area contributed by atoms with Gasteiger partial charge in [0.2, 0.25) is 11.8 Å². The number of likely N-dealkylation sites (tertiary alicyclic amines) is 1. The molecule has 8 nitrogen and oxygen atoms in total. The number of aromatic nitrogens is 1. The maximum absolute atomic E-state index is 13.7.